The van der Waals surface area contributed by atoms with Crippen LogP contribution in [0.5, 0.6) is 0 Å². The lowest BCUT2D eigenvalue weighted by Crippen LogP contribution is -2.52. The molecular weight excluding hydrogens is 260 g/mol. The minimum absolute atomic E-state index is 0.313. The van der Waals surface area contributed by atoms with Gasteiger partial charge in [-0.15, -0.1) is 0 Å². The Morgan fingerprint density at radius 2 is 1.95 bits per heavy atom. The van der Waals surface area contributed by atoms with Crippen LogP contribution in [0.25, 0.3) is 0 Å². The number of hydrogen-bond donors (Lipinski definition) is 0. The van der Waals surface area contributed by atoms with Crippen molar-refractivity contribution >= 4 is 10.0 Å². The fourth-order valence-corrected chi connectivity index (χ4v) is 4.26. The van der Waals surface area contributed by atoms with Crippen molar-refractivity contribution in [3.63, 3.8) is 0 Å². The van der Waals surface area contributed by atoms with Crippen molar-refractivity contribution in [3.05, 3.63) is 29.8 Å². The molecule has 1 aromatic carbocycles. The Hall–Kier alpha value is -0.910. The van der Waals surface area contributed by atoms with Crippen LogP contribution in [-0.2, 0) is 10.0 Å². The molecule has 0 saturated carbocycles. The van der Waals surface area contributed by atoms with E-state index in [0.29, 0.717) is 24.0 Å². The number of aryl methyl sites for hydroxylation is 1. The summed E-state index contributed by atoms with van der Waals surface area (Å²) in [6.45, 7) is 5.91. The van der Waals surface area contributed by atoms with Gasteiger partial charge in [-0.25, -0.2) is 8.42 Å². The number of piperazine rings is 1. The molecule has 106 valence electrons. The van der Waals surface area contributed by atoms with Crippen molar-refractivity contribution in [2.24, 2.45) is 0 Å². The third kappa shape index (κ3) is 2.83. The molecule has 1 aliphatic rings. The smallest absolute Gasteiger partial charge is 0.243 e. The van der Waals surface area contributed by atoms with Crippen LogP contribution in [0.2, 0.25) is 0 Å². The van der Waals surface area contributed by atoms with Gasteiger partial charge in [0.25, 0.3) is 0 Å². The van der Waals surface area contributed by atoms with Gasteiger partial charge >= 0.3 is 0 Å². The molecule has 1 aromatic rings. The lowest BCUT2D eigenvalue weighted by atomic mass is 10.1. The molecule has 0 aliphatic carbocycles. The van der Waals surface area contributed by atoms with E-state index in [2.05, 4.69) is 18.9 Å². The average molecular weight is 282 g/mol. The van der Waals surface area contributed by atoms with Crippen LogP contribution in [0.4, 0.5) is 0 Å². The lowest BCUT2D eigenvalue weighted by molar-refractivity contribution is 0.144. The highest BCUT2D eigenvalue weighted by Gasteiger charge is 2.32. The molecule has 2 rings (SSSR count). The van der Waals surface area contributed by atoms with E-state index in [-0.39, 0.29) is 0 Å². The van der Waals surface area contributed by atoms with Crippen molar-refractivity contribution < 1.29 is 8.42 Å². The first kappa shape index (κ1) is 14.5. The second-order valence-electron chi connectivity index (χ2n) is 5.17. The van der Waals surface area contributed by atoms with E-state index in [4.69, 9.17) is 0 Å². The Morgan fingerprint density at radius 1 is 1.26 bits per heavy atom. The van der Waals surface area contributed by atoms with Gasteiger partial charge < -0.3 is 4.90 Å². The summed E-state index contributed by atoms with van der Waals surface area (Å²) in [5, 5.41) is 0. The van der Waals surface area contributed by atoms with E-state index >= 15 is 0 Å². The third-order valence-corrected chi connectivity index (χ3v) is 5.95. The summed E-state index contributed by atoms with van der Waals surface area (Å²) in [5.41, 5.74) is 0.814. The second-order valence-corrected chi connectivity index (χ2v) is 7.08. The molecule has 0 bridgehead atoms. The summed E-state index contributed by atoms with van der Waals surface area (Å²) in [6, 6.07) is 7.51. The van der Waals surface area contributed by atoms with Crippen molar-refractivity contribution in [1.82, 2.24) is 9.21 Å². The van der Waals surface area contributed by atoms with E-state index in [9.17, 15) is 8.42 Å². The molecule has 0 aromatic heterocycles. The first-order chi connectivity index (χ1) is 8.96. The Balaban J connectivity index is 2.28. The van der Waals surface area contributed by atoms with E-state index in [0.717, 1.165) is 18.5 Å². The zero-order valence-corrected chi connectivity index (χ0v) is 12.7. The third-order valence-electron chi connectivity index (χ3n) is 3.92. The van der Waals surface area contributed by atoms with Crippen molar-refractivity contribution in [2.75, 3.05) is 26.7 Å². The van der Waals surface area contributed by atoms with Crippen LogP contribution in [0, 0.1) is 6.92 Å². The van der Waals surface area contributed by atoms with Gasteiger partial charge in [0, 0.05) is 25.7 Å². The molecule has 0 N–H and O–H groups in total. The molecule has 1 atom stereocenters. The minimum atomic E-state index is -3.35. The molecule has 0 spiro atoms. The molecule has 4 nitrogen and oxygen atoms in total. The summed E-state index contributed by atoms with van der Waals surface area (Å²) in [4.78, 5) is 2.68. The standard InChI is InChI=1S/C14H22N2O2S/c1-4-13-11-16(10-9-15(13)3)19(17,18)14-8-6-5-7-12(14)2/h5-8,13H,4,9-11H2,1-3H3. The Kier molecular flexibility index (Phi) is 4.28. The predicted octanol–water partition coefficient (Wildman–Crippen LogP) is 1.71. The Bertz CT molecular complexity index is 542. The van der Waals surface area contributed by atoms with Gasteiger partial charge in [0.15, 0.2) is 0 Å². The van der Waals surface area contributed by atoms with Gasteiger partial charge in [-0.2, -0.15) is 4.31 Å². The summed E-state index contributed by atoms with van der Waals surface area (Å²) in [6.07, 6.45) is 0.969. The number of nitrogens with zero attached hydrogens (tertiary/aromatic N) is 2. The number of benzene rings is 1. The maximum absolute atomic E-state index is 12.7. The molecule has 1 fully saturated rings. The van der Waals surface area contributed by atoms with Crippen LogP contribution in [0.15, 0.2) is 29.2 Å². The fourth-order valence-electron chi connectivity index (χ4n) is 2.56. The van der Waals surface area contributed by atoms with Gasteiger partial charge in [0.2, 0.25) is 10.0 Å². The minimum Gasteiger partial charge on any atom is -0.301 e. The SMILES string of the molecule is CCC1CN(S(=O)(=O)c2ccccc2C)CCN1C. The summed E-state index contributed by atoms with van der Waals surface area (Å²) >= 11 is 0. The van der Waals surface area contributed by atoms with E-state index in [1.165, 1.54) is 0 Å². The van der Waals surface area contributed by atoms with Gasteiger partial charge in [0.1, 0.15) is 0 Å². The fraction of sp³-hybridized carbons (Fsp3) is 0.571. The monoisotopic (exact) mass is 282 g/mol. The van der Waals surface area contributed by atoms with Gasteiger partial charge in [-0.1, -0.05) is 25.1 Å². The highest BCUT2D eigenvalue weighted by Crippen LogP contribution is 2.22. The van der Waals surface area contributed by atoms with E-state index < -0.39 is 10.0 Å². The Morgan fingerprint density at radius 3 is 2.58 bits per heavy atom. The number of hydrogen-bond acceptors (Lipinski definition) is 3. The zero-order chi connectivity index (χ0) is 14.0. The molecule has 5 heteroatoms. The highest BCUT2D eigenvalue weighted by atomic mass is 32.2. The summed E-state index contributed by atoms with van der Waals surface area (Å²) < 4.78 is 27.0. The van der Waals surface area contributed by atoms with Crippen LogP contribution in [0.1, 0.15) is 18.9 Å². The molecule has 1 aliphatic heterocycles. The van der Waals surface area contributed by atoms with E-state index in [1.54, 1.807) is 16.4 Å². The maximum atomic E-state index is 12.7. The molecule has 19 heavy (non-hydrogen) atoms. The highest BCUT2D eigenvalue weighted by molar-refractivity contribution is 7.89. The topological polar surface area (TPSA) is 40.6 Å². The molecule has 1 unspecified atom stereocenters. The number of sulfonamides is 1. The van der Waals surface area contributed by atoms with Crippen molar-refractivity contribution in [3.8, 4) is 0 Å². The van der Waals surface area contributed by atoms with Gasteiger partial charge in [-0.05, 0) is 32.0 Å². The predicted molar refractivity (Wildman–Crippen MR) is 76.6 cm³/mol. The molecule has 0 amide bonds. The quantitative estimate of drug-likeness (QED) is 0.847. The number of rotatable bonds is 3. The largest absolute Gasteiger partial charge is 0.301 e. The van der Waals surface area contributed by atoms with Gasteiger partial charge in [0.05, 0.1) is 4.90 Å². The lowest BCUT2D eigenvalue weighted by Gasteiger charge is -2.38. The Labute approximate surface area is 116 Å². The van der Waals surface area contributed by atoms with Crippen molar-refractivity contribution in [2.45, 2.75) is 31.2 Å². The zero-order valence-electron chi connectivity index (χ0n) is 11.8. The van der Waals surface area contributed by atoms with Crippen LogP contribution in [-0.4, -0.2) is 50.3 Å². The normalized spacial score (nSPS) is 22.6. The molecular formula is C14H22N2O2S. The van der Waals surface area contributed by atoms with Crippen LogP contribution < -0.4 is 0 Å². The molecule has 1 heterocycles. The van der Waals surface area contributed by atoms with Crippen molar-refractivity contribution in [1.29, 1.82) is 0 Å². The number of likely N-dealkylation sites (N-methyl/N-ethyl adjacent to an activating group) is 1. The summed E-state index contributed by atoms with van der Waals surface area (Å²) in [5.74, 6) is 0. The first-order valence-corrected chi connectivity index (χ1v) is 8.17. The van der Waals surface area contributed by atoms with E-state index in [1.807, 2.05) is 19.1 Å². The average Bonchev–Trinajstić information content (AvgIpc) is 2.39. The van der Waals surface area contributed by atoms with Crippen LogP contribution in [0.3, 0.4) is 0 Å². The maximum Gasteiger partial charge on any atom is 0.243 e. The molecule has 1 saturated heterocycles. The summed E-state index contributed by atoms with van der Waals surface area (Å²) in [7, 11) is -1.29. The second kappa shape index (κ2) is 5.61. The molecule has 0 radical (unpaired) electrons. The van der Waals surface area contributed by atoms with Crippen LogP contribution >= 0.6 is 0 Å². The van der Waals surface area contributed by atoms with Gasteiger partial charge in [-0.3, -0.25) is 0 Å². The first-order valence-electron chi connectivity index (χ1n) is 6.73.